The summed E-state index contributed by atoms with van der Waals surface area (Å²) in [5, 5.41) is 3.48. The molecule has 0 aliphatic rings. The van der Waals surface area contributed by atoms with Gasteiger partial charge in [0.25, 0.3) is 5.91 Å². The van der Waals surface area contributed by atoms with E-state index >= 15 is 0 Å². The van der Waals surface area contributed by atoms with Crippen molar-refractivity contribution in [3.63, 3.8) is 0 Å². The van der Waals surface area contributed by atoms with E-state index in [0.717, 1.165) is 22.0 Å². The topological polar surface area (TPSA) is 56.1 Å². The lowest BCUT2D eigenvalue weighted by molar-refractivity contribution is 0.0941. The lowest BCUT2D eigenvalue weighted by Gasteiger charge is -2.20. The lowest BCUT2D eigenvalue weighted by atomic mass is 10.0. The summed E-state index contributed by atoms with van der Waals surface area (Å²) in [4.78, 5) is 18.4. The average molecular weight is 402 g/mol. The average Bonchev–Trinajstić information content (AvgIpc) is 3.12. The molecule has 3 rings (SSSR count). The Morgan fingerprint density at radius 3 is 2.59 bits per heavy atom. The van der Waals surface area contributed by atoms with Crippen molar-refractivity contribution in [3.05, 3.63) is 76.8 Å². The molecule has 3 aromatic rings. The number of imidazole rings is 1. The molecular weight excluding hydrogens is 382 g/mol. The van der Waals surface area contributed by atoms with E-state index in [1.807, 2.05) is 54.4 Å². The first-order valence-electron chi connectivity index (χ1n) is 8.29. The third-order valence-electron chi connectivity index (χ3n) is 4.26. The molecule has 140 valence electrons. The molecule has 0 bridgehead atoms. The number of halogens is 1. The number of nitrogens with one attached hydrogen (secondary N) is 1. The highest BCUT2D eigenvalue weighted by Crippen LogP contribution is 2.26. The van der Waals surface area contributed by atoms with Gasteiger partial charge in [0.15, 0.2) is 0 Å². The first kappa shape index (κ1) is 19.3. The van der Waals surface area contributed by atoms with Crippen molar-refractivity contribution >= 4 is 29.3 Å². The van der Waals surface area contributed by atoms with Crippen LogP contribution in [-0.2, 0) is 7.05 Å². The van der Waals surface area contributed by atoms with Crippen LogP contribution in [0.3, 0.4) is 0 Å². The molecular formula is C20H20ClN3O2S. The fourth-order valence-electron chi connectivity index (χ4n) is 2.76. The zero-order valence-corrected chi connectivity index (χ0v) is 16.8. The molecule has 0 aliphatic carbocycles. The molecule has 27 heavy (non-hydrogen) atoms. The summed E-state index contributed by atoms with van der Waals surface area (Å²) in [6.07, 6.45) is 5.51. The summed E-state index contributed by atoms with van der Waals surface area (Å²) in [5.41, 5.74) is 1.34. The Labute approximate surface area is 167 Å². The third-order valence-corrected chi connectivity index (χ3v) is 5.31. The van der Waals surface area contributed by atoms with Gasteiger partial charge in [-0.15, -0.1) is 11.8 Å². The zero-order chi connectivity index (χ0) is 19.4. The maximum Gasteiger partial charge on any atom is 0.253 e. The van der Waals surface area contributed by atoms with Gasteiger partial charge in [0.1, 0.15) is 17.6 Å². The van der Waals surface area contributed by atoms with Gasteiger partial charge in [-0.1, -0.05) is 23.7 Å². The highest BCUT2D eigenvalue weighted by molar-refractivity contribution is 7.98. The number of thioether (sulfide) groups is 1. The highest BCUT2D eigenvalue weighted by Gasteiger charge is 2.23. The number of nitrogens with zero attached hydrogens (tertiary/aromatic N) is 2. The fourth-order valence-corrected chi connectivity index (χ4v) is 3.41. The molecule has 0 unspecified atom stereocenters. The van der Waals surface area contributed by atoms with Crippen LogP contribution in [0.25, 0.3) is 0 Å². The van der Waals surface area contributed by atoms with Crippen molar-refractivity contribution in [2.24, 2.45) is 7.05 Å². The van der Waals surface area contributed by atoms with Crippen LogP contribution in [0.5, 0.6) is 5.75 Å². The summed E-state index contributed by atoms with van der Waals surface area (Å²) in [5.74, 6) is 1.23. The molecule has 1 amide bonds. The number of hydrogen-bond donors (Lipinski definition) is 1. The number of methoxy groups -OCH3 is 1. The third kappa shape index (κ3) is 4.28. The molecule has 0 fully saturated rings. The Balaban J connectivity index is 1.96. The normalized spacial score (nSPS) is 11.9. The van der Waals surface area contributed by atoms with Crippen molar-refractivity contribution in [1.82, 2.24) is 14.9 Å². The van der Waals surface area contributed by atoms with Gasteiger partial charge >= 0.3 is 0 Å². The van der Waals surface area contributed by atoms with Crippen molar-refractivity contribution in [3.8, 4) is 5.75 Å². The number of aryl methyl sites for hydroxylation is 1. The minimum Gasteiger partial charge on any atom is -0.497 e. The summed E-state index contributed by atoms with van der Waals surface area (Å²) in [7, 11) is 3.51. The number of carbonyl (C=O) groups is 1. The summed E-state index contributed by atoms with van der Waals surface area (Å²) in [6.45, 7) is 0. The maximum absolute atomic E-state index is 13.0. The SMILES string of the molecule is COc1ccc([C@@H](NC(=O)c2cc(SC)ccc2Cl)c2nccn2C)cc1. The molecule has 1 atom stereocenters. The van der Waals surface area contributed by atoms with E-state index < -0.39 is 6.04 Å². The Bertz CT molecular complexity index is 941. The molecule has 2 aromatic carbocycles. The number of rotatable bonds is 6. The highest BCUT2D eigenvalue weighted by atomic mass is 35.5. The van der Waals surface area contributed by atoms with Crippen LogP contribution < -0.4 is 10.1 Å². The summed E-state index contributed by atoms with van der Waals surface area (Å²) in [6, 6.07) is 12.6. The van der Waals surface area contributed by atoms with E-state index in [4.69, 9.17) is 16.3 Å². The van der Waals surface area contributed by atoms with Crippen molar-refractivity contribution in [2.45, 2.75) is 10.9 Å². The van der Waals surface area contributed by atoms with Crippen molar-refractivity contribution in [2.75, 3.05) is 13.4 Å². The van der Waals surface area contributed by atoms with E-state index in [-0.39, 0.29) is 5.91 Å². The number of amides is 1. The van der Waals surface area contributed by atoms with Gasteiger partial charge in [-0.25, -0.2) is 4.98 Å². The quantitative estimate of drug-likeness (QED) is 0.625. The fraction of sp³-hybridized carbons (Fsp3) is 0.200. The molecule has 0 saturated heterocycles. The van der Waals surface area contributed by atoms with Gasteiger partial charge in [0, 0.05) is 24.3 Å². The first-order valence-corrected chi connectivity index (χ1v) is 9.89. The predicted molar refractivity (Wildman–Crippen MR) is 109 cm³/mol. The molecule has 1 heterocycles. The summed E-state index contributed by atoms with van der Waals surface area (Å²) >= 11 is 7.83. The second-order valence-corrected chi connectivity index (χ2v) is 7.21. The largest absolute Gasteiger partial charge is 0.497 e. The molecule has 5 nitrogen and oxygen atoms in total. The molecule has 1 N–H and O–H groups in total. The van der Waals surface area contributed by atoms with Crippen LogP contribution in [0.2, 0.25) is 5.02 Å². The smallest absolute Gasteiger partial charge is 0.253 e. The lowest BCUT2D eigenvalue weighted by Crippen LogP contribution is -2.31. The van der Waals surface area contributed by atoms with E-state index in [0.29, 0.717) is 10.6 Å². The zero-order valence-electron chi connectivity index (χ0n) is 15.3. The second kappa shape index (κ2) is 8.50. The molecule has 1 aromatic heterocycles. The minimum atomic E-state index is -0.419. The van der Waals surface area contributed by atoms with Crippen LogP contribution in [0, 0.1) is 0 Å². The summed E-state index contributed by atoms with van der Waals surface area (Å²) < 4.78 is 7.11. The maximum atomic E-state index is 13.0. The van der Waals surface area contributed by atoms with Crippen LogP contribution in [0.4, 0.5) is 0 Å². The molecule has 0 saturated carbocycles. The van der Waals surface area contributed by atoms with Crippen LogP contribution in [-0.4, -0.2) is 28.8 Å². The van der Waals surface area contributed by atoms with Crippen LogP contribution >= 0.6 is 23.4 Å². The molecule has 7 heteroatoms. The molecule has 0 radical (unpaired) electrons. The first-order chi connectivity index (χ1) is 13.0. The van der Waals surface area contributed by atoms with Gasteiger partial charge in [0.05, 0.1) is 17.7 Å². The Morgan fingerprint density at radius 2 is 2.00 bits per heavy atom. The minimum absolute atomic E-state index is 0.250. The van der Waals surface area contributed by atoms with E-state index in [1.54, 1.807) is 37.2 Å². The second-order valence-electron chi connectivity index (χ2n) is 5.92. The van der Waals surface area contributed by atoms with Gasteiger partial charge in [-0.2, -0.15) is 0 Å². The van der Waals surface area contributed by atoms with Crippen LogP contribution in [0.1, 0.15) is 27.8 Å². The Morgan fingerprint density at radius 1 is 1.26 bits per heavy atom. The van der Waals surface area contributed by atoms with Gasteiger partial charge in [-0.05, 0) is 42.2 Å². The van der Waals surface area contributed by atoms with Crippen LogP contribution in [0.15, 0.2) is 59.8 Å². The van der Waals surface area contributed by atoms with Gasteiger partial charge in [0.2, 0.25) is 0 Å². The Hall–Kier alpha value is -2.44. The van der Waals surface area contributed by atoms with Crippen molar-refractivity contribution in [1.29, 1.82) is 0 Å². The number of hydrogen-bond acceptors (Lipinski definition) is 4. The van der Waals surface area contributed by atoms with E-state index in [2.05, 4.69) is 10.3 Å². The molecule has 0 spiro atoms. The number of benzene rings is 2. The van der Waals surface area contributed by atoms with Gasteiger partial charge < -0.3 is 14.6 Å². The van der Waals surface area contributed by atoms with E-state index in [1.165, 1.54) is 0 Å². The number of carbonyl (C=O) groups excluding carboxylic acids is 1. The standard InChI is InChI=1S/C20H20ClN3O2S/c1-24-11-10-22-19(24)18(13-4-6-14(26-2)7-5-13)23-20(25)16-12-15(27-3)8-9-17(16)21/h4-12,18H,1-3H3,(H,23,25)/t18-/m1/s1. The molecule has 0 aliphatic heterocycles. The van der Waals surface area contributed by atoms with E-state index in [9.17, 15) is 4.79 Å². The monoisotopic (exact) mass is 401 g/mol. The van der Waals surface area contributed by atoms with Gasteiger partial charge in [-0.3, -0.25) is 4.79 Å². The number of ether oxygens (including phenoxy) is 1. The van der Waals surface area contributed by atoms with Crippen molar-refractivity contribution < 1.29 is 9.53 Å². The predicted octanol–water partition coefficient (Wildman–Crippen LogP) is 4.32. The Kier molecular flexibility index (Phi) is 6.08. The number of aromatic nitrogens is 2.